The number of rotatable bonds is 5. The third-order valence-corrected chi connectivity index (χ3v) is 4.16. The Morgan fingerprint density at radius 3 is 2.44 bits per heavy atom. The van der Waals surface area contributed by atoms with E-state index >= 15 is 0 Å². The smallest absolute Gasteiger partial charge is 0.262 e. The van der Waals surface area contributed by atoms with E-state index in [1.54, 1.807) is 24.3 Å². The summed E-state index contributed by atoms with van der Waals surface area (Å²) in [6.07, 6.45) is 4.66. The van der Waals surface area contributed by atoms with Crippen LogP contribution in [0.2, 0.25) is 0 Å². The molecule has 2 amide bonds. The number of carbonyl (C=O) groups excluding carboxylic acids is 2. The van der Waals surface area contributed by atoms with Crippen molar-refractivity contribution in [1.29, 1.82) is 0 Å². The van der Waals surface area contributed by atoms with Crippen LogP contribution in [0, 0.1) is 0 Å². The summed E-state index contributed by atoms with van der Waals surface area (Å²) in [5.74, 6) is 0.333. The van der Waals surface area contributed by atoms with E-state index in [1.807, 2.05) is 12.1 Å². The fourth-order valence-corrected chi connectivity index (χ4v) is 3.02. The van der Waals surface area contributed by atoms with Crippen molar-refractivity contribution in [2.75, 3.05) is 17.2 Å². The Bertz CT molecular complexity index is 786. The van der Waals surface area contributed by atoms with Gasteiger partial charge in [-0.1, -0.05) is 12.1 Å². The van der Waals surface area contributed by atoms with Crippen molar-refractivity contribution < 1.29 is 14.3 Å². The second-order valence-electron chi connectivity index (χ2n) is 6.24. The third-order valence-electron chi connectivity index (χ3n) is 4.16. The van der Waals surface area contributed by atoms with Crippen LogP contribution in [0.25, 0.3) is 0 Å². The topological polar surface area (TPSA) is 67.4 Å². The summed E-state index contributed by atoms with van der Waals surface area (Å²) < 4.78 is 5.62. The Balaban J connectivity index is 1.55. The van der Waals surface area contributed by atoms with E-state index in [1.165, 1.54) is 30.9 Å². The highest BCUT2D eigenvalue weighted by Crippen LogP contribution is 2.25. The maximum atomic E-state index is 12.1. The summed E-state index contributed by atoms with van der Waals surface area (Å²) >= 11 is 0. The molecule has 5 nitrogen and oxygen atoms in total. The Labute approximate surface area is 147 Å². The second kappa shape index (κ2) is 7.83. The van der Waals surface area contributed by atoms with Crippen molar-refractivity contribution in [2.45, 2.75) is 32.6 Å². The summed E-state index contributed by atoms with van der Waals surface area (Å²) in [4.78, 5) is 23.2. The molecule has 1 aliphatic rings. The standard InChI is InChI=1S/C20H22N2O3/c1-14(23)21-17-7-4-8-18(12-17)22-20(24)13-25-19-10-9-15-5-2-3-6-16(15)11-19/h4,7-12H,2-3,5-6,13H2,1H3,(H,21,23)(H,22,24). The summed E-state index contributed by atoms with van der Waals surface area (Å²) in [5, 5.41) is 5.46. The minimum Gasteiger partial charge on any atom is -0.484 e. The molecule has 5 heteroatoms. The molecule has 0 spiro atoms. The summed E-state index contributed by atoms with van der Waals surface area (Å²) in [7, 11) is 0. The van der Waals surface area contributed by atoms with Gasteiger partial charge in [0.1, 0.15) is 5.75 Å². The van der Waals surface area contributed by atoms with Gasteiger partial charge in [0.25, 0.3) is 5.91 Å². The average Bonchev–Trinajstić information content (AvgIpc) is 2.59. The van der Waals surface area contributed by atoms with Gasteiger partial charge in [-0.3, -0.25) is 9.59 Å². The fourth-order valence-electron chi connectivity index (χ4n) is 3.02. The van der Waals surface area contributed by atoms with Crippen LogP contribution < -0.4 is 15.4 Å². The number of anilines is 2. The van der Waals surface area contributed by atoms with Crippen LogP contribution >= 0.6 is 0 Å². The van der Waals surface area contributed by atoms with E-state index in [9.17, 15) is 9.59 Å². The number of ether oxygens (including phenoxy) is 1. The monoisotopic (exact) mass is 338 g/mol. The molecule has 1 aliphatic carbocycles. The van der Waals surface area contributed by atoms with Crippen LogP contribution in [0.1, 0.15) is 30.9 Å². The first-order valence-corrected chi connectivity index (χ1v) is 8.52. The van der Waals surface area contributed by atoms with Crippen molar-refractivity contribution in [2.24, 2.45) is 0 Å². The lowest BCUT2D eigenvalue weighted by atomic mass is 9.92. The van der Waals surface area contributed by atoms with Crippen LogP contribution in [0.5, 0.6) is 5.75 Å². The van der Waals surface area contributed by atoms with Gasteiger partial charge in [0, 0.05) is 18.3 Å². The van der Waals surface area contributed by atoms with Gasteiger partial charge < -0.3 is 15.4 Å². The van der Waals surface area contributed by atoms with Crippen LogP contribution in [0.4, 0.5) is 11.4 Å². The van der Waals surface area contributed by atoms with E-state index in [0.29, 0.717) is 11.4 Å². The van der Waals surface area contributed by atoms with Gasteiger partial charge in [0.2, 0.25) is 5.91 Å². The Morgan fingerprint density at radius 1 is 0.960 bits per heavy atom. The first-order valence-electron chi connectivity index (χ1n) is 8.52. The Morgan fingerprint density at radius 2 is 1.68 bits per heavy atom. The van der Waals surface area contributed by atoms with Crippen molar-refractivity contribution in [3.8, 4) is 5.75 Å². The maximum Gasteiger partial charge on any atom is 0.262 e. The predicted molar refractivity (Wildman–Crippen MR) is 98.0 cm³/mol. The summed E-state index contributed by atoms with van der Waals surface area (Å²) in [6, 6.07) is 13.1. The van der Waals surface area contributed by atoms with E-state index < -0.39 is 0 Å². The molecule has 0 heterocycles. The summed E-state index contributed by atoms with van der Waals surface area (Å²) in [6.45, 7) is 1.39. The molecule has 0 bridgehead atoms. The van der Waals surface area contributed by atoms with Crippen LogP contribution in [0.15, 0.2) is 42.5 Å². The van der Waals surface area contributed by atoms with Crippen molar-refractivity contribution in [1.82, 2.24) is 0 Å². The molecule has 0 unspecified atom stereocenters. The third kappa shape index (κ3) is 4.83. The molecule has 0 saturated heterocycles. The largest absolute Gasteiger partial charge is 0.484 e. The molecule has 130 valence electrons. The maximum absolute atomic E-state index is 12.1. The van der Waals surface area contributed by atoms with Gasteiger partial charge in [-0.25, -0.2) is 0 Å². The van der Waals surface area contributed by atoms with E-state index in [4.69, 9.17) is 4.74 Å². The number of amides is 2. The molecule has 0 aromatic heterocycles. The van der Waals surface area contributed by atoms with Crippen molar-refractivity contribution in [3.05, 3.63) is 53.6 Å². The molecule has 0 atom stereocenters. The lowest BCUT2D eigenvalue weighted by Crippen LogP contribution is -2.20. The molecule has 0 aliphatic heterocycles. The highest BCUT2D eigenvalue weighted by atomic mass is 16.5. The van der Waals surface area contributed by atoms with Crippen LogP contribution in [-0.2, 0) is 22.4 Å². The molecule has 25 heavy (non-hydrogen) atoms. The first-order chi connectivity index (χ1) is 12.1. The zero-order valence-corrected chi connectivity index (χ0v) is 14.3. The Hall–Kier alpha value is -2.82. The van der Waals surface area contributed by atoms with Gasteiger partial charge in [0.05, 0.1) is 0 Å². The number of benzene rings is 2. The highest BCUT2D eigenvalue weighted by Gasteiger charge is 2.11. The van der Waals surface area contributed by atoms with Gasteiger partial charge in [-0.2, -0.15) is 0 Å². The Kier molecular flexibility index (Phi) is 5.33. The number of carbonyl (C=O) groups is 2. The van der Waals surface area contributed by atoms with Crippen molar-refractivity contribution >= 4 is 23.2 Å². The van der Waals surface area contributed by atoms with E-state index in [-0.39, 0.29) is 18.4 Å². The molecule has 0 radical (unpaired) electrons. The van der Waals surface area contributed by atoms with Crippen LogP contribution in [0.3, 0.4) is 0 Å². The lowest BCUT2D eigenvalue weighted by molar-refractivity contribution is -0.118. The first kappa shape index (κ1) is 17.0. The van der Waals surface area contributed by atoms with Crippen LogP contribution in [-0.4, -0.2) is 18.4 Å². The van der Waals surface area contributed by atoms with E-state index in [0.717, 1.165) is 18.6 Å². The van der Waals surface area contributed by atoms with Gasteiger partial charge in [0.15, 0.2) is 6.61 Å². The number of fused-ring (bicyclic) bond motifs is 1. The molecule has 2 aromatic rings. The zero-order valence-electron chi connectivity index (χ0n) is 14.3. The SMILES string of the molecule is CC(=O)Nc1cccc(NC(=O)COc2ccc3c(c2)CCCC3)c1. The normalized spacial score (nSPS) is 12.8. The molecule has 3 rings (SSSR count). The quantitative estimate of drug-likeness (QED) is 0.876. The number of hydrogen-bond acceptors (Lipinski definition) is 3. The molecule has 0 fully saturated rings. The average molecular weight is 338 g/mol. The molecule has 2 N–H and O–H groups in total. The number of nitrogens with one attached hydrogen (secondary N) is 2. The lowest BCUT2D eigenvalue weighted by Gasteiger charge is -2.16. The molecular weight excluding hydrogens is 316 g/mol. The fraction of sp³-hybridized carbons (Fsp3) is 0.300. The zero-order chi connectivity index (χ0) is 17.6. The van der Waals surface area contributed by atoms with Crippen molar-refractivity contribution in [3.63, 3.8) is 0 Å². The molecule has 2 aromatic carbocycles. The molecular formula is C20H22N2O3. The molecule has 0 saturated carbocycles. The van der Waals surface area contributed by atoms with Gasteiger partial charge in [-0.05, 0) is 67.1 Å². The summed E-state index contributed by atoms with van der Waals surface area (Å²) in [5.41, 5.74) is 3.97. The predicted octanol–water partition coefficient (Wildman–Crippen LogP) is 3.54. The van der Waals surface area contributed by atoms with Gasteiger partial charge >= 0.3 is 0 Å². The second-order valence-corrected chi connectivity index (χ2v) is 6.24. The highest BCUT2D eigenvalue weighted by molar-refractivity contribution is 5.94. The van der Waals surface area contributed by atoms with E-state index in [2.05, 4.69) is 16.7 Å². The number of hydrogen-bond donors (Lipinski definition) is 2. The minimum absolute atomic E-state index is 0.0524. The number of aryl methyl sites for hydroxylation is 2. The minimum atomic E-state index is -0.238. The van der Waals surface area contributed by atoms with Gasteiger partial charge in [-0.15, -0.1) is 0 Å².